The first-order valence-corrected chi connectivity index (χ1v) is 8.32. The van der Waals surface area contributed by atoms with Gasteiger partial charge in [0, 0.05) is 24.2 Å². The van der Waals surface area contributed by atoms with E-state index < -0.39 is 5.97 Å². The summed E-state index contributed by atoms with van der Waals surface area (Å²) in [5.74, 6) is -1.66. The lowest BCUT2D eigenvalue weighted by Crippen LogP contribution is -2.30. The fourth-order valence-electron chi connectivity index (χ4n) is 3.14. The number of amides is 1. The average Bonchev–Trinajstić information content (AvgIpc) is 3.15. The van der Waals surface area contributed by atoms with Gasteiger partial charge in [0.1, 0.15) is 5.82 Å². The van der Waals surface area contributed by atoms with E-state index in [0.717, 1.165) is 36.2 Å². The number of nitrogens with zero attached hydrogens (tertiary/aromatic N) is 2. The first-order valence-electron chi connectivity index (χ1n) is 8.32. The van der Waals surface area contributed by atoms with Crippen molar-refractivity contribution in [2.24, 2.45) is 5.92 Å². The third kappa shape index (κ3) is 3.70. The highest BCUT2D eigenvalue weighted by atomic mass is 19.1. The second-order valence-corrected chi connectivity index (χ2v) is 6.43. The van der Waals surface area contributed by atoms with Gasteiger partial charge in [0.2, 0.25) is 0 Å². The minimum absolute atomic E-state index is 0.00239. The summed E-state index contributed by atoms with van der Waals surface area (Å²) in [4.78, 5) is 23.2. The highest BCUT2D eigenvalue weighted by Crippen LogP contribution is 2.27. The zero-order valence-electron chi connectivity index (χ0n) is 14.0. The van der Waals surface area contributed by atoms with Crippen molar-refractivity contribution in [3.63, 3.8) is 0 Å². The van der Waals surface area contributed by atoms with Crippen molar-refractivity contribution in [1.82, 2.24) is 15.1 Å². The highest BCUT2D eigenvalue weighted by molar-refractivity contribution is 5.94. The maximum atomic E-state index is 13.1. The van der Waals surface area contributed by atoms with Gasteiger partial charge in [-0.25, -0.2) is 9.07 Å². The van der Waals surface area contributed by atoms with Crippen LogP contribution in [0.1, 0.15) is 41.5 Å². The number of carbonyl (C=O) groups excluding carboxylic acids is 1. The lowest BCUT2D eigenvalue weighted by Gasteiger charge is -2.09. The number of benzene rings is 1. The van der Waals surface area contributed by atoms with Crippen LogP contribution < -0.4 is 5.32 Å². The summed E-state index contributed by atoms with van der Waals surface area (Å²) in [6.45, 7) is 2.05. The van der Waals surface area contributed by atoms with Crippen LogP contribution in [0.2, 0.25) is 0 Å². The Kier molecular flexibility index (Phi) is 4.83. The number of halogens is 1. The number of hydrogen-bond donors (Lipinski definition) is 2. The van der Waals surface area contributed by atoms with Gasteiger partial charge in [-0.05, 0) is 49.4 Å². The lowest BCUT2D eigenvalue weighted by atomic mass is 10.1. The molecule has 0 saturated carbocycles. The fraction of sp³-hybridized carbons (Fsp3) is 0.389. The SMILES string of the molecule is CC(CNC(=O)c1nn(-c2ccc(F)cc2)c2c1CCC2)CC(=O)O. The van der Waals surface area contributed by atoms with E-state index in [1.54, 1.807) is 23.7 Å². The molecule has 2 N–H and O–H groups in total. The summed E-state index contributed by atoms with van der Waals surface area (Å²) < 4.78 is 14.8. The van der Waals surface area contributed by atoms with Crippen molar-refractivity contribution in [1.29, 1.82) is 0 Å². The molecule has 0 radical (unpaired) electrons. The Labute approximate surface area is 144 Å². The predicted molar refractivity (Wildman–Crippen MR) is 89.3 cm³/mol. The number of hydrogen-bond acceptors (Lipinski definition) is 3. The van der Waals surface area contributed by atoms with Gasteiger partial charge < -0.3 is 10.4 Å². The van der Waals surface area contributed by atoms with E-state index in [2.05, 4.69) is 10.4 Å². The second kappa shape index (κ2) is 7.04. The first-order chi connectivity index (χ1) is 12.0. The molecule has 132 valence electrons. The molecule has 6 nitrogen and oxygen atoms in total. The maximum absolute atomic E-state index is 13.1. The average molecular weight is 345 g/mol. The molecule has 0 aliphatic heterocycles. The minimum atomic E-state index is -0.886. The maximum Gasteiger partial charge on any atom is 0.303 e. The molecule has 0 fully saturated rings. The topological polar surface area (TPSA) is 84.2 Å². The van der Waals surface area contributed by atoms with Crippen LogP contribution in [0.15, 0.2) is 24.3 Å². The van der Waals surface area contributed by atoms with Crippen LogP contribution in [0.25, 0.3) is 5.69 Å². The number of carboxylic acid groups (broad SMARTS) is 1. The molecular weight excluding hydrogens is 325 g/mol. The number of aliphatic carboxylic acids is 1. The first kappa shape index (κ1) is 17.1. The minimum Gasteiger partial charge on any atom is -0.481 e. The third-order valence-electron chi connectivity index (χ3n) is 4.35. The molecule has 1 aliphatic rings. The Hall–Kier alpha value is -2.70. The van der Waals surface area contributed by atoms with Crippen molar-refractivity contribution in [3.8, 4) is 5.69 Å². The summed E-state index contributed by atoms with van der Waals surface area (Å²) in [5.41, 5.74) is 3.00. The summed E-state index contributed by atoms with van der Waals surface area (Å²) in [5, 5.41) is 16.0. The zero-order chi connectivity index (χ0) is 18.0. The van der Waals surface area contributed by atoms with E-state index in [-0.39, 0.29) is 30.6 Å². The Morgan fingerprint density at radius 2 is 2.04 bits per heavy atom. The van der Waals surface area contributed by atoms with Gasteiger partial charge in [0.15, 0.2) is 5.69 Å². The van der Waals surface area contributed by atoms with Crippen molar-refractivity contribution < 1.29 is 19.1 Å². The van der Waals surface area contributed by atoms with Crippen LogP contribution in [-0.4, -0.2) is 33.3 Å². The monoisotopic (exact) mass is 345 g/mol. The molecule has 1 atom stereocenters. The van der Waals surface area contributed by atoms with E-state index in [4.69, 9.17) is 5.11 Å². The van der Waals surface area contributed by atoms with E-state index >= 15 is 0 Å². The standard InChI is InChI=1S/C18H20FN3O3/c1-11(9-16(23)24)10-20-18(25)17-14-3-2-4-15(14)22(21-17)13-7-5-12(19)6-8-13/h5-8,11H,2-4,9-10H2,1H3,(H,20,25)(H,23,24). The molecule has 0 bridgehead atoms. The molecule has 0 spiro atoms. The number of fused-ring (bicyclic) bond motifs is 1. The summed E-state index contributed by atoms with van der Waals surface area (Å²) >= 11 is 0. The van der Waals surface area contributed by atoms with Crippen molar-refractivity contribution in [2.45, 2.75) is 32.6 Å². The normalized spacial score (nSPS) is 14.2. The smallest absolute Gasteiger partial charge is 0.303 e. The number of rotatable bonds is 6. The zero-order valence-corrected chi connectivity index (χ0v) is 14.0. The van der Waals surface area contributed by atoms with Gasteiger partial charge in [-0.2, -0.15) is 5.10 Å². The van der Waals surface area contributed by atoms with Crippen LogP contribution in [-0.2, 0) is 17.6 Å². The number of carboxylic acids is 1. The Balaban J connectivity index is 1.80. The summed E-state index contributed by atoms with van der Waals surface area (Å²) in [7, 11) is 0. The molecule has 1 heterocycles. The molecule has 1 aromatic heterocycles. The highest BCUT2D eigenvalue weighted by Gasteiger charge is 2.27. The van der Waals surface area contributed by atoms with Gasteiger partial charge in [-0.1, -0.05) is 6.92 Å². The number of carbonyl (C=O) groups is 2. The predicted octanol–water partition coefficient (Wildman–Crippen LogP) is 2.34. The van der Waals surface area contributed by atoms with Gasteiger partial charge in [0.05, 0.1) is 5.69 Å². The molecule has 7 heteroatoms. The van der Waals surface area contributed by atoms with E-state index in [1.807, 2.05) is 0 Å². The van der Waals surface area contributed by atoms with Crippen molar-refractivity contribution in [3.05, 3.63) is 47.0 Å². The fourth-order valence-corrected chi connectivity index (χ4v) is 3.14. The molecule has 3 rings (SSSR count). The third-order valence-corrected chi connectivity index (χ3v) is 4.35. The summed E-state index contributed by atoms with van der Waals surface area (Å²) in [6, 6.07) is 6.01. The van der Waals surface area contributed by atoms with Crippen LogP contribution in [0.3, 0.4) is 0 Å². The molecule has 1 amide bonds. The number of nitrogens with one attached hydrogen (secondary N) is 1. The summed E-state index contributed by atoms with van der Waals surface area (Å²) in [6.07, 6.45) is 2.55. The quantitative estimate of drug-likeness (QED) is 0.842. The Bertz CT molecular complexity index is 799. The van der Waals surface area contributed by atoms with Gasteiger partial charge >= 0.3 is 5.97 Å². The molecule has 1 aromatic carbocycles. The molecule has 2 aromatic rings. The van der Waals surface area contributed by atoms with Crippen molar-refractivity contribution in [2.75, 3.05) is 6.54 Å². The van der Waals surface area contributed by atoms with Gasteiger partial charge in [0.25, 0.3) is 5.91 Å². The molecule has 25 heavy (non-hydrogen) atoms. The van der Waals surface area contributed by atoms with Crippen molar-refractivity contribution >= 4 is 11.9 Å². The van der Waals surface area contributed by atoms with E-state index in [9.17, 15) is 14.0 Å². The Morgan fingerprint density at radius 3 is 2.72 bits per heavy atom. The largest absolute Gasteiger partial charge is 0.481 e. The van der Waals surface area contributed by atoms with Crippen LogP contribution >= 0.6 is 0 Å². The second-order valence-electron chi connectivity index (χ2n) is 6.43. The van der Waals surface area contributed by atoms with E-state index in [0.29, 0.717) is 5.69 Å². The van der Waals surface area contributed by atoms with E-state index in [1.165, 1.54) is 12.1 Å². The number of aromatic nitrogens is 2. The van der Waals surface area contributed by atoms with Crippen LogP contribution in [0.5, 0.6) is 0 Å². The molecule has 1 aliphatic carbocycles. The Morgan fingerprint density at radius 1 is 1.32 bits per heavy atom. The van der Waals surface area contributed by atoms with Gasteiger partial charge in [-0.15, -0.1) is 0 Å². The lowest BCUT2D eigenvalue weighted by molar-refractivity contribution is -0.137. The van der Waals surface area contributed by atoms with Crippen LogP contribution in [0.4, 0.5) is 4.39 Å². The van der Waals surface area contributed by atoms with Crippen LogP contribution in [0, 0.1) is 11.7 Å². The molecule has 0 saturated heterocycles. The van der Waals surface area contributed by atoms with Gasteiger partial charge in [-0.3, -0.25) is 9.59 Å². The molecule has 1 unspecified atom stereocenters. The molecular formula is C18H20FN3O3.